The summed E-state index contributed by atoms with van der Waals surface area (Å²) in [4.78, 5) is 15.5. The Labute approximate surface area is 118 Å². The van der Waals surface area contributed by atoms with E-state index in [4.69, 9.17) is 23.2 Å². The molecule has 0 spiro atoms. The van der Waals surface area contributed by atoms with Crippen LogP contribution in [0.25, 0.3) is 0 Å². The summed E-state index contributed by atoms with van der Waals surface area (Å²) in [6.45, 7) is 0. The van der Waals surface area contributed by atoms with Crippen molar-refractivity contribution < 1.29 is 10.0 Å². The number of nitrogens with one attached hydrogen (secondary N) is 1. The molecule has 7 heteroatoms. The molecule has 1 aromatic heterocycles. The van der Waals surface area contributed by atoms with Crippen molar-refractivity contribution in [1.29, 1.82) is 0 Å². The second-order valence-corrected chi connectivity index (χ2v) is 4.37. The van der Waals surface area contributed by atoms with Crippen LogP contribution in [0, 0.1) is 0 Å². The summed E-state index contributed by atoms with van der Waals surface area (Å²) in [6.07, 6.45) is 1.28. The van der Waals surface area contributed by atoms with Gasteiger partial charge in [0.2, 0.25) is 0 Å². The molecule has 98 valence electrons. The third-order valence-corrected chi connectivity index (χ3v) is 2.83. The smallest absolute Gasteiger partial charge is 0.345 e. The van der Waals surface area contributed by atoms with Crippen LogP contribution in [-0.2, 0) is 0 Å². The minimum atomic E-state index is -0.583. The number of carbonyl (C=O) groups excluding carboxylic acids is 1. The molecule has 1 heterocycles. The van der Waals surface area contributed by atoms with Gasteiger partial charge in [0.05, 0.1) is 16.1 Å². The molecular weight excluding hydrogens is 289 g/mol. The quantitative estimate of drug-likeness (QED) is 0.627. The molecule has 19 heavy (non-hydrogen) atoms. The second-order valence-electron chi connectivity index (χ2n) is 3.57. The fourth-order valence-electron chi connectivity index (χ4n) is 1.35. The van der Waals surface area contributed by atoms with E-state index in [9.17, 15) is 10.0 Å². The number of carbonyl (C=O) groups is 1. The monoisotopic (exact) mass is 297 g/mol. The number of nitrogens with zero attached hydrogens (tertiary/aromatic N) is 2. The van der Waals surface area contributed by atoms with Gasteiger partial charge in [-0.05, 0) is 18.2 Å². The summed E-state index contributed by atoms with van der Waals surface area (Å²) in [6, 6.07) is 9.04. The van der Waals surface area contributed by atoms with Crippen molar-refractivity contribution in [2.75, 3.05) is 5.32 Å². The van der Waals surface area contributed by atoms with E-state index in [1.807, 2.05) is 0 Å². The minimum absolute atomic E-state index is 0.0480. The number of rotatable bonds is 1. The Hall–Kier alpha value is -1.98. The molecule has 5 nitrogen and oxygen atoms in total. The van der Waals surface area contributed by atoms with Crippen molar-refractivity contribution in [3.8, 4) is 0 Å². The summed E-state index contributed by atoms with van der Waals surface area (Å²) < 4.78 is 0.715. The fraction of sp³-hybridized carbons (Fsp3) is 0. The highest BCUT2D eigenvalue weighted by Crippen LogP contribution is 2.20. The summed E-state index contributed by atoms with van der Waals surface area (Å²) in [5, 5.41) is 12.5. The first-order valence-corrected chi connectivity index (χ1v) is 5.99. The van der Waals surface area contributed by atoms with Gasteiger partial charge in [-0.25, -0.2) is 4.79 Å². The molecule has 0 atom stereocenters. The molecule has 2 amide bonds. The fourth-order valence-corrected chi connectivity index (χ4v) is 1.70. The van der Waals surface area contributed by atoms with Crippen LogP contribution in [0.1, 0.15) is 0 Å². The molecular formula is C12H9Cl2N3O2. The van der Waals surface area contributed by atoms with Crippen molar-refractivity contribution in [3.05, 3.63) is 58.1 Å². The molecule has 0 aliphatic rings. The van der Waals surface area contributed by atoms with Gasteiger partial charge in [0, 0.05) is 12.3 Å². The number of para-hydroxylation sites is 1. The number of hydrogen-bond donors (Lipinski definition) is 2. The Morgan fingerprint density at radius 2 is 2.00 bits per heavy atom. The number of hydrogen-bond acceptors (Lipinski definition) is 2. The van der Waals surface area contributed by atoms with E-state index in [1.54, 1.807) is 24.3 Å². The molecule has 2 aromatic rings. The molecule has 0 aliphatic heterocycles. The first-order chi connectivity index (χ1) is 9.06. The van der Waals surface area contributed by atoms with E-state index in [2.05, 4.69) is 10.3 Å². The van der Waals surface area contributed by atoms with Crippen LogP contribution in [0.15, 0.2) is 47.6 Å². The van der Waals surface area contributed by atoms with E-state index >= 15 is 0 Å². The predicted molar refractivity (Wildman–Crippen MR) is 72.7 cm³/mol. The first-order valence-electron chi connectivity index (χ1n) is 5.24. The standard InChI is InChI=1S/C12H9Cl2N3O2/c13-9-3-1-2-4-10(9)16-12(18)15-8-5-6-17(19)11(14)7-8/h1-7,19H,(H,16,18)/b15-8-. The van der Waals surface area contributed by atoms with Gasteiger partial charge >= 0.3 is 6.03 Å². The van der Waals surface area contributed by atoms with Gasteiger partial charge < -0.3 is 10.5 Å². The highest BCUT2D eigenvalue weighted by molar-refractivity contribution is 6.33. The molecule has 0 aliphatic carbocycles. The van der Waals surface area contributed by atoms with Gasteiger partial charge in [-0.1, -0.05) is 35.3 Å². The highest BCUT2D eigenvalue weighted by atomic mass is 35.5. The Bertz CT molecular complexity index is 683. The van der Waals surface area contributed by atoms with Gasteiger partial charge in [-0.3, -0.25) is 0 Å². The van der Waals surface area contributed by atoms with Gasteiger partial charge in [0.1, 0.15) is 5.15 Å². The van der Waals surface area contributed by atoms with Gasteiger partial charge in [0.25, 0.3) is 0 Å². The molecule has 0 radical (unpaired) electrons. The van der Waals surface area contributed by atoms with Gasteiger partial charge in [-0.2, -0.15) is 9.72 Å². The van der Waals surface area contributed by atoms with Crippen LogP contribution in [0.2, 0.25) is 10.2 Å². The molecule has 2 rings (SSSR count). The Morgan fingerprint density at radius 3 is 2.68 bits per heavy atom. The summed E-state index contributed by atoms with van der Waals surface area (Å²) in [5.41, 5.74) is 0.470. The number of urea groups is 1. The maximum Gasteiger partial charge on any atom is 0.345 e. The number of halogens is 2. The molecule has 0 unspecified atom stereocenters. The highest BCUT2D eigenvalue weighted by Gasteiger charge is 2.03. The zero-order valence-corrected chi connectivity index (χ0v) is 11.1. The zero-order valence-electron chi connectivity index (χ0n) is 9.55. The predicted octanol–water partition coefficient (Wildman–Crippen LogP) is 3.17. The average Bonchev–Trinajstić information content (AvgIpc) is 2.37. The first kappa shape index (κ1) is 13.5. The lowest BCUT2D eigenvalue weighted by Crippen LogP contribution is -2.13. The molecule has 1 aromatic carbocycles. The lowest BCUT2D eigenvalue weighted by molar-refractivity contribution is 0.185. The number of anilines is 1. The van der Waals surface area contributed by atoms with Crippen molar-refractivity contribution >= 4 is 34.9 Å². The molecule has 2 N–H and O–H groups in total. The van der Waals surface area contributed by atoms with Crippen molar-refractivity contribution in [3.63, 3.8) is 0 Å². The minimum Gasteiger partial charge on any atom is -0.428 e. The Morgan fingerprint density at radius 1 is 1.26 bits per heavy atom. The molecule has 0 saturated carbocycles. The van der Waals surface area contributed by atoms with Gasteiger partial charge in [0.15, 0.2) is 0 Å². The van der Waals surface area contributed by atoms with Crippen LogP contribution in [0.4, 0.5) is 10.5 Å². The van der Waals surface area contributed by atoms with Crippen molar-refractivity contribution in [1.82, 2.24) is 4.73 Å². The van der Waals surface area contributed by atoms with E-state index in [0.29, 0.717) is 20.8 Å². The third kappa shape index (κ3) is 3.49. The lowest BCUT2D eigenvalue weighted by atomic mass is 10.3. The van der Waals surface area contributed by atoms with Crippen LogP contribution in [0.3, 0.4) is 0 Å². The summed E-state index contributed by atoms with van der Waals surface area (Å²) in [5.74, 6) is 0. The van der Waals surface area contributed by atoms with Crippen molar-refractivity contribution in [2.45, 2.75) is 0 Å². The molecule has 0 bridgehead atoms. The van der Waals surface area contributed by atoms with E-state index < -0.39 is 6.03 Å². The van der Waals surface area contributed by atoms with E-state index in [0.717, 1.165) is 0 Å². The number of benzene rings is 1. The maximum absolute atomic E-state index is 11.7. The maximum atomic E-state index is 11.7. The molecule has 0 saturated heterocycles. The summed E-state index contributed by atoms with van der Waals surface area (Å²) >= 11 is 11.6. The van der Waals surface area contributed by atoms with Crippen LogP contribution >= 0.6 is 23.2 Å². The van der Waals surface area contributed by atoms with E-state index in [1.165, 1.54) is 18.3 Å². The SMILES string of the molecule is O=C(/N=c1/ccn(O)c(Cl)c1)Nc1ccccc1Cl. The number of aromatic nitrogens is 1. The normalized spacial score (nSPS) is 11.4. The Kier molecular flexibility index (Phi) is 4.09. The lowest BCUT2D eigenvalue weighted by Gasteiger charge is -2.03. The van der Waals surface area contributed by atoms with Crippen molar-refractivity contribution in [2.24, 2.45) is 4.99 Å². The third-order valence-electron chi connectivity index (χ3n) is 2.22. The zero-order chi connectivity index (χ0) is 13.8. The summed E-state index contributed by atoms with van der Waals surface area (Å²) in [7, 11) is 0. The van der Waals surface area contributed by atoms with E-state index in [-0.39, 0.29) is 5.15 Å². The molecule has 0 fully saturated rings. The number of amides is 2. The second kappa shape index (κ2) is 5.77. The Balaban J connectivity index is 2.21. The van der Waals surface area contributed by atoms with Gasteiger partial charge in [-0.15, -0.1) is 0 Å². The van der Waals surface area contributed by atoms with Crippen LogP contribution in [0.5, 0.6) is 0 Å². The van der Waals surface area contributed by atoms with Crippen LogP contribution < -0.4 is 10.7 Å². The largest absolute Gasteiger partial charge is 0.428 e. The van der Waals surface area contributed by atoms with Crippen LogP contribution in [-0.4, -0.2) is 16.0 Å². The topological polar surface area (TPSA) is 66.6 Å². The average molecular weight is 298 g/mol. The number of pyridine rings is 1.